The number of nitrogens with zero attached hydrogens (tertiary/aromatic N) is 1. The molecule has 0 heterocycles. The second kappa shape index (κ2) is 5.82. The fourth-order valence-electron chi connectivity index (χ4n) is 1.18. The van der Waals surface area contributed by atoms with Crippen LogP contribution in [0.25, 0.3) is 0 Å². The molecule has 3 heteroatoms. The summed E-state index contributed by atoms with van der Waals surface area (Å²) in [4.78, 5) is 0. The number of benzene rings is 1. The lowest BCUT2D eigenvalue weighted by atomic mass is 10.1. The predicted octanol–water partition coefficient (Wildman–Crippen LogP) is 0.814. The van der Waals surface area contributed by atoms with E-state index in [2.05, 4.69) is 11.2 Å². The van der Waals surface area contributed by atoms with E-state index in [0.29, 0.717) is 18.7 Å². The van der Waals surface area contributed by atoms with Crippen LogP contribution < -0.4 is 5.32 Å². The van der Waals surface area contributed by atoms with Crippen LogP contribution >= 0.6 is 0 Å². The SMILES string of the molecule is C#CCNCC(O)c1ccc(C#N)cc1. The Hall–Kier alpha value is -1.81. The Kier molecular flexibility index (Phi) is 4.37. The minimum absolute atomic E-state index is 0.413. The Morgan fingerprint density at radius 1 is 1.40 bits per heavy atom. The summed E-state index contributed by atoms with van der Waals surface area (Å²) in [5, 5.41) is 21.2. The van der Waals surface area contributed by atoms with Gasteiger partial charge in [0.1, 0.15) is 0 Å². The topological polar surface area (TPSA) is 56.0 Å². The van der Waals surface area contributed by atoms with Crippen LogP contribution in [0.4, 0.5) is 0 Å². The van der Waals surface area contributed by atoms with Gasteiger partial charge in [0, 0.05) is 6.54 Å². The molecular formula is C12H12N2O. The first-order chi connectivity index (χ1) is 7.27. The van der Waals surface area contributed by atoms with E-state index in [1.807, 2.05) is 6.07 Å². The summed E-state index contributed by atoms with van der Waals surface area (Å²) in [5.74, 6) is 2.43. The maximum absolute atomic E-state index is 9.70. The minimum atomic E-state index is -0.592. The summed E-state index contributed by atoms with van der Waals surface area (Å²) in [6, 6.07) is 8.86. The Morgan fingerprint density at radius 2 is 2.07 bits per heavy atom. The van der Waals surface area contributed by atoms with Crippen molar-refractivity contribution >= 4 is 0 Å². The molecule has 2 N–H and O–H groups in total. The first-order valence-electron chi connectivity index (χ1n) is 4.60. The minimum Gasteiger partial charge on any atom is -0.387 e. The van der Waals surface area contributed by atoms with E-state index in [9.17, 15) is 5.11 Å². The molecule has 1 unspecified atom stereocenters. The summed E-state index contributed by atoms with van der Waals surface area (Å²) in [5.41, 5.74) is 1.36. The van der Waals surface area contributed by atoms with Gasteiger partial charge in [-0.2, -0.15) is 5.26 Å². The molecule has 0 saturated carbocycles. The number of nitrogens with one attached hydrogen (secondary N) is 1. The second-order valence-electron chi connectivity index (χ2n) is 3.08. The molecule has 0 aliphatic carbocycles. The third-order valence-corrected chi connectivity index (χ3v) is 1.99. The lowest BCUT2D eigenvalue weighted by Crippen LogP contribution is -2.21. The zero-order valence-corrected chi connectivity index (χ0v) is 8.27. The largest absolute Gasteiger partial charge is 0.387 e. The van der Waals surface area contributed by atoms with Gasteiger partial charge >= 0.3 is 0 Å². The Balaban J connectivity index is 2.55. The molecule has 1 aromatic carbocycles. The molecule has 0 fully saturated rings. The molecule has 3 nitrogen and oxygen atoms in total. The molecular weight excluding hydrogens is 188 g/mol. The molecule has 0 amide bonds. The van der Waals surface area contributed by atoms with E-state index in [1.54, 1.807) is 24.3 Å². The average molecular weight is 200 g/mol. The molecule has 0 saturated heterocycles. The van der Waals surface area contributed by atoms with Crippen molar-refractivity contribution in [2.45, 2.75) is 6.10 Å². The molecule has 0 aliphatic heterocycles. The number of rotatable bonds is 4. The zero-order chi connectivity index (χ0) is 11.1. The van der Waals surface area contributed by atoms with Crippen LogP contribution in [0, 0.1) is 23.7 Å². The van der Waals surface area contributed by atoms with E-state index < -0.39 is 6.10 Å². The van der Waals surface area contributed by atoms with E-state index in [4.69, 9.17) is 11.7 Å². The van der Waals surface area contributed by atoms with Crippen LogP contribution in [0.5, 0.6) is 0 Å². The number of hydrogen-bond acceptors (Lipinski definition) is 3. The van der Waals surface area contributed by atoms with Gasteiger partial charge in [0.2, 0.25) is 0 Å². The monoisotopic (exact) mass is 200 g/mol. The van der Waals surface area contributed by atoms with E-state index >= 15 is 0 Å². The highest BCUT2D eigenvalue weighted by Gasteiger charge is 2.05. The lowest BCUT2D eigenvalue weighted by Gasteiger charge is -2.10. The first kappa shape index (κ1) is 11.3. The fourth-order valence-corrected chi connectivity index (χ4v) is 1.18. The number of aliphatic hydroxyl groups excluding tert-OH is 1. The predicted molar refractivity (Wildman–Crippen MR) is 57.8 cm³/mol. The summed E-state index contributed by atoms with van der Waals surface area (Å²) in [6.07, 6.45) is 4.47. The molecule has 1 atom stereocenters. The van der Waals surface area contributed by atoms with E-state index in [0.717, 1.165) is 5.56 Å². The van der Waals surface area contributed by atoms with Crippen molar-refractivity contribution in [2.24, 2.45) is 0 Å². The van der Waals surface area contributed by atoms with Crippen LogP contribution in [-0.4, -0.2) is 18.2 Å². The molecule has 15 heavy (non-hydrogen) atoms. The van der Waals surface area contributed by atoms with Crippen molar-refractivity contribution in [3.05, 3.63) is 35.4 Å². The highest BCUT2D eigenvalue weighted by molar-refractivity contribution is 5.32. The summed E-state index contributed by atoms with van der Waals surface area (Å²) < 4.78 is 0. The van der Waals surface area contributed by atoms with Crippen LogP contribution in [0.2, 0.25) is 0 Å². The van der Waals surface area contributed by atoms with Gasteiger partial charge in [-0.25, -0.2) is 0 Å². The maximum atomic E-state index is 9.70. The van der Waals surface area contributed by atoms with Crippen molar-refractivity contribution in [2.75, 3.05) is 13.1 Å². The van der Waals surface area contributed by atoms with Crippen molar-refractivity contribution in [3.8, 4) is 18.4 Å². The highest BCUT2D eigenvalue weighted by Crippen LogP contribution is 2.12. The first-order valence-corrected chi connectivity index (χ1v) is 4.60. The average Bonchev–Trinajstić information content (AvgIpc) is 2.29. The molecule has 0 aromatic heterocycles. The van der Waals surface area contributed by atoms with Gasteiger partial charge in [0.25, 0.3) is 0 Å². The summed E-state index contributed by atoms with van der Waals surface area (Å²) in [6.45, 7) is 0.851. The van der Waals surface area contributed by atoms with Gasteiger partial charge in [-0.15, -0.1) is 6.42 Å². The molecule has 0 aliphatic rings. The van der Waals surface area contributed by atoms with Crippen LogP contribution in [0.1, 0.15) is 17.2 Å². The highest BCUT2D eigenvalue weighted by atomic mass is 16.3. The number of aliphatic hydroxyl groups is 1. The molecule has 0 bridgehead atoms. The fraction of sp³-hybridized carbons (Fsp3) is 0.250. The zero-order valence-electron chi connectivity index (χ0n) is 8.27. The molecule has 76 valence electrons. The van der Waals surface area contributed by atoms with Gasteiger partial charge < -0.3 is 10.4 Å². The van der Waals surface area contributed by atoms with Crippen molar-refractivity contribution in [1.82, 2.24) is 5.32 Å². The maximum Gasteiger partial charge on any atom is 0.0991 e. The van der Waals surface area contributed by atoms with Gasteiger partial charge in [-0.1, -0.05) is 18.1 Å². The lowest BCUT2D eigenvalue weighted by molar-refractivity contribution is 0.176. The third-order valence-electron chi connectivity index (χ3n) is 1.99. The Morgan fingerprint density at radius 3 is 2.60 bits per heavy atom. The van der Waals surface area contributed by atoms with Crippen molar-refractivity contribution in [3.63, 3.8) is 0 Å². The Labute approximate surface area is 89.4 Å². The summed E-state index contributed by atoms with van der Waals surface area (Å²) in [7, 11) is 0. The summed E-state index contributed by atoms with van der Waals surface area (Å²) >= 11 is 0. The standard InChI is InChI=1S/C12H12N2O/c1-2-7-14-9-12(15)11-5-3-10(8-13)4-6-11/h1,3-6,12,14-15H,7,9H2. The van der Waals surface area contributed by atoms with Gasteiger partial charge in [0.05, 0.1) is 24.3 Å². The van der Waals surface area contributed by atoms with Crippen molar-refractivity contribution in [1.29, 1.82) is 5.26 Å². The second-order valence-corrected chi connectivity index (χ2v) is 3.08. The smallest absolute Gasteiger partial charge is 0.0991 e. The number of nitriles is 1. The van der Waals surface area contributed by atoms with Gasteiger partial charge in [-0.3, -0.25) is 0 Å². The molecule has 1 aromatic rings. The number of hydrogen-bond donors (Lipinski definition) is 2. The normalized spacial score (nSPS) is 11.4. The van der Waals surface area contributed by atoms with Crippen LogP contribution in [0.15, 0.2) is 24.3 Å². The molecule has 0 radical (unpaired) electrons. The molecule has 0 spiro atoms. The van der Waals surface area contributed by atoms with Crippen LogP contribution in [-0.2, 0) is 0 Å². The van der Waals surface area contributed by atoms with E-state index in [1.165, 1.54) is 0 Å². The van der Waals surface area contributed by atoms with Gasteiger partial charge in [0.15, 0.2) is 0 Å². The quantitative estimate of drug-likeness (QED) is 0.558. The molecule has 1 rings (SSSR count). The van der Waals surface area contributed by atoms with Crippen molar-refractivity contribution < 1.29 is 5.11 Å². The van der Waals surface area contributed by atoms with Gasteiger partial charge in [-0.05, 0) is 17.7 Å². The van der Waals surface area contributed by atoms with E-state index in [-0.39, 0.29) is 0 Å². The Bertz CT molecular complexity index is 384. The van der Waals surface area contributed by atoms with Crippen LogP contribution in [0.3, 0.4) is 0 Å². The third kappa shape index (κ3) is 3.44. The number of terminal acetylenes is 1.